The molecule has 2 bridgehead atoms. The minimum Gasteiger partial charge on any atom is -0.489 e. The van der Waals surface area contributed by atoms with Gasteiger partial charge in [0, 0.05) is 18.6 Å². The van der Waals surface area contributed by atoms with Crippen LogP contribution in [0.5, 0.6) is 11.6 Å². The van der Waals surface area contributed by atoms with Crippen LogP contribution in [-0.2, 0) is 9.47 Å². The first kappa shape index (κ1) is 25.3. The first-order valence-corrected chi connectivity index (χ1v) is 11.5. The van der Waals surface area contributed by atoms with Gasteiger partial charge in [0.1, 0.15) is 18.1 Å². The van der Waals surface area contributed by atoms with Crippen LogP contribution < -0.4 is 25.5 Å². The van der Waals surface area contributed by atoms with Gasteiger partial charge in [-0.2, -0.15) is 4.98 Å². The third kappa shape index (κ3) is 5.52. The quantitative estimate of drug-likeness (QED) is 0.249. The molecule has 3 atom stereocenters. The molecule has 3 unspecified atom stereocenters. The third-order valence-corrected chi connectivity index (χ3v) is 5.75. The number of fused-ring (bicyclic) bond motifs is 2. The van der Waals surface area contributed by atoms with Crippen molar-refractivity contribution in [3.05, 3.63) is 30.3 Å². The van der Waals surface area contributed by atoms with E-state index in [-0.39, 0.29) is 41.3 Å². The predicted molar refractivity (Wildman–Crippen MR) is 127 cm³/mol. The van der Waals surface area contributed by atoms with Gasteiger partial charge in [0.2, 0.25) is 5.75 Å². The van der Waals surface area contributed by atoms with Gasteiger partial charge in [0.15, 0.2) is 11.6 Å². The number of carbonyl (C=O) groups is 1. The van der Waals surface area contributed by atoms with Gasteiger partial charge >= 0.3 is 6.09 Å². The van der Waals surface area contributed by atoms with Crippen molar-refractivity contribution < 1.29 is 38.9 Å². The highest BCUT2D eigenvalue weighted by atomic mass is 19.1. The molecule has 0 saturated carbocycles. The molecule has 4 rings (SSSR count). The molecule has 1 aromatic carbocycles. The number of aromatic nitrogens is 2. The number of hydrogen-bond acceptors (Lipinski definition) is 8. The zero-order chi connectivity index (χ0) is 25.7. The average Bonchev–Trinajstić information content (AvgIpc) is 3.05. The van der Waals surface area contributed by atoms with Gasteiger partial charge in [-0.05, 0) is 24.9 Å². The predicted octanol–water partition coefficient (Wildman–Crippen LogP) is 0.144. The summed E-state index contributed by atoms with van der Waals surface area (Å²) in [4.78, 5) is 26.5. The fraction of sp³-hybridized carbons (Fsp3) is 0.435. The molecular weight excluding hydrogens is 473 g/mol. The highest BCUT2D eigenvalue weighted by molar-refractivity contribution is 5.70. The molecule has 192 valence electrons. The zero-order valence-corrected chi connectivity index (χ0v) is 20.3. The number of carbonyl (C=O) groups excluding carboxylic acids is 1. The molecule has 5 N–H and O–H groups in total. The lowest BCUT2D eigenvalue weighted by Crippen LogP contribution is -2.76. The Morgan fingerprint density at radius 1 is 1.39 bits per heavy atom. The molecule has 13 heteroatoms. The number of nitrogens with zero attached hydrogens (tertiary/aromatic N) is 4. The van der Waals surface area contributed by atoms with Gasteiger partial charge in [-0.25, -0.2) is 19.5 Å². The van der Waals surface area contributed by atoms with Crippen molar-refractivity contribution in [3.63, 3.8) is 0 Å². The molecule has 0 aliphatic carbocycles. The number of nitrogens with two attached hydrogens (primary N) is 2. The lowest BCUT2D eigenvalue weighted by atomic mass is 10.1. The minimum absolute atomic E-state index is 0.164. The van der Waals surface area contributed by atoms with E-state index >= 15 is 0 Å². The molecule has 2 aliphatic heterocycles. The number of rotatable bonds is 9. The Labute approximate surface area is 207 Å². The van der Waals surface area contributed by atoms with E-state index in [2.05, 4.69) is 20.3 Å². The number of benzene rings is 1. The van der Waals surface area contributed by atoms with Crippen LogP contribution in [0.2, 0.25) is 0 Å². The molecule has 0 spiro atoms. The lowest BCUT2D eigenvalue weighted by Gasteiger charge is -2.34. The number of quaternary nitrogens is 1. The summed E-state index contributed by atoms with van der Waals surface area (Å²) in [5, 5.41) is 9.75. The van der Waals surface area contributed by atoms with E-state index in [1.807, 2.05) is 0 Å². The van der Waals surface area contributed by atoms with Crippen molar-refractivity contribution in [3.8, 4) is 11.6 Å². The Morgan fingerprint density at radius 3 is 2.94 bits per heavy atom. The van der Waals surface area contributed by atoms with Gasteiger partial charge in [0.25, 0.3) is 18.6 Å². The molecule has 1 amide bonds. The van der Waals surface area contributed by atoms with Crippen LogP contribution >= 0.6 is 0 Å². The SMILES string of the molecule is COc1c(Nc2ccc([NH2+]C=NC=[NH2+])cc2F)ncnc1OC1CC2COCC1N2C(=O)OC(C)C. The van der Waals surface area contributed by atoms with E-state index in [1.54, 1.807) is 36.2 Å². The molecule has 36 heavy (non-hydrogen) atoms. The van der Waals surface area contributed by atoms with E-state index in [1.165, 1.54) is 25.8 Å². The van der Waals surface area contributed by atoms with Crippen LogP contribution in [0.15, 0.2) is 29.5 Å². The maximum atomic E-state index is 14.7. The first-order valence-electron chi connectivity index (χ1n) is 11.5. The maximum absolute atomic E-state index is 14.7. The van der Waals surface area contributed by atoms with Gasteiger partial charge in [-0.15, -0.1) is 0 Å². The van der Waals surface area contributed by atoms with Gasteiger partial charge < -0.3 is 24.3 Å². The van der Waals surface area contributed by atoms with E-state index in [0.29, 0.717) is 25.3 Å². The van der Waals surface area contributed by atoms with Crippen LogP contribution in [0.25, 0.3) is 0 Å². The van der Waals surface area contributed by atoms with Crippen molar-refractivity contribution in [2.45, 2.75) is 44.6 Å². The van der Waals surface area contributed by atoms with Crippen molar-refractivity contribution in [2.24, 2.45) is 4.99 Å². The maximum Gasteiger partial charge on any atom is 0.410 e. The van der Waals surface area contributed by atoms with Gasteiger partial charge in [-0.3, -0.25) is 10.3 Å². The van der Waals surface area contributed by atoms with Crippen LogP contribution in [0, 0.1) is 5.82 Å². The average molecular weight is 504 g/mol. The summed E-state index contributed by atoms with van der Waals surface area (Å²) >= 11 is 0. The summed E-state index contributed by atoms with van der Waals surface area (Å²) in [5.74, 6) is 0.102. The van der Waals surface area contributed by atoms with Crippen molar-refractivity contribution in [1.82, 2.24) is 14.9 Å². The summed E-state index contributed by atoms with van der Waals surface area (Å²) < 4.78 is 37.5. The fourth-order valence-corrected chi connectivity index (χ4v) is 4.22. The number of morpholine rings is 1. The lowest BCUT2D eigenvalue weighted by molar-refractivity contribution is -0.433. The summed E-state index contributed by atoms with van der Waals surface area (Å²) in [5.41, 5.74) is 0.794. The number of aliphatic imine (C=N–C) groups is 1. The van der Waals surface area contributed by atoms with E-state index in [0.717, 1.165) is 6.34 Å². The molecule has 3 heterocycles. The molecule has 0 radical (unpaired) electrons. The second-order valence-corrected chi connectivity index (χ2v) is 8.53. The molecule has 2 aliphatic rings. The van der Waals surface area contributed by atoms with Gasteiger partial charge in [0.05, 0.1) is 44.2 Å². The Hall–Kier alpha value is -3.84. The van der Waals surface area contributed by atoms with Crippen LogP contribution in [0.3, 0.4) is 0 Å². The Morgan fingerprint density at radius 2 is 2.22 bits per heavy atom. The number of anilines is 2. The van der Waals surface area contributed by atoms with Crippen LogP contribution in [0.4, 0.5) is 26.4 Å². The summed E-state index contributed by atoms with van der Waals surface area (Å²) in [6.45, 7) is 4.33. The fourth-order valence-electron chi connectivity index (χ4n) is 4.22. The summed E-state index contributed by atoms with van der Waals surface area (Å²) in [7, 11) is 1.45. The number of nitrogens with one attached hydrogen (secondary N) is 1. The molecule has 2 saturated heterocycles. The standard InChI is InChI=1S/C23H28FN7O5/c1-13(2)35-23(32)31-15-7-19(18(31)9-34-8-15)36-22-20(33-3)21(28-12-29-22)30-17-5-4-14(6-16(17)24)27-11-26-10-25/h4-6,10-13,15,18-19H,7-9H2,1-3H3,(H2,25,26,27)(H,28,29,30)/p+2. The third-order valence-electron chi connectivity index (χ3n) is 5.75. The first-order chi connectivity index (χ1) is 17.4. The number of ether oxygens (including phenoxy) is 4. The molecule has 12 nitrogen and oxygen atoms in total. The Balaban J connectivity index is 1.51. The highest BCUT2D eigenvalue weighted by Crippen LogP contribution is 2.38. The zero-order valence-electron chi connectivity index (χ0n) is 20.3. The molecular formula is C23H30FN7O5+2. The number of hydrogen-bond donors (Lipinski definition) is 3. The Kier molecular flexibility index (Phi) is 7.90. The number of methoxy groups -OCH3 is 1. The van der Waals surface area contributed by atoms with E-state index in [9.17, 15) is 9.18 Å². The highest BCUT2D eigenvalue weighted by Gasteiger charge is 2.49. The Bertz CT molecular complexity index is 1130. The van der Waals surface area contributed by atoms with Crippen LogP contribution in [-0.4, -0.2) is 78.3 Å². The van der Waals surface area contributed by atoms with Crippen molar-refractivity contribution in [1.29, 1.82) is 0 Å². The van der Waals surface area contributed by atoms with E-state index in [4.69, 9.17) is 24.4 Å². The minimum atomic E-state index is -0.502. The van der Waals surface area contributed by atoms with Crippen molar-refractivity contribution >= 4 is 36.0 Å². The summed E-state index contributed by atoms with van der Waals surface area (Å²) in [6.07, 6.45) is 3.42. The second-order valence-electron chi connectivity index (χ2n) is 8.53. The monoisotopic (exact) mass is 503 g/mol. The smallest absolute Gasteiger partial charge is 0.410 e. The van der Waals surface area contributed by atoms with Gasteiger partial charge in [-0.1, -0.05) is 0 Å². The summed E-state index contributed by atoms with van der Waals surface area (Å²) in [6, 6.07) is 4.12. The van der Waals surface area contributed by atoms with Crippen LogP contribution in [0.1, 0.15) is 20.3 Å². The molecule has 2 aromatic rings. The molecule has 2 fully saturated rings. The molecule has 1 aromatic heterocycles. The second kappa shape index (κ2) is 11.3. The number of amides is 1. The van der Waals surface area contributed by atoms with Crippen molar-refractivity contribution in [2.75, 3.05) is 25.6 Å². The van der Waals surface area contributed by atoms with E-state index < -0.39 is 18.0 Å². The number of halogens is 1. The topological polar surface area (TPSA) is 150 Å². The largest absolute Gasteiger partial charge is 0.489 e. The normalized spacial score (nSPS) is 21.0.